The van der Waals surface area contributed by atoms with Gasteiger partial charge in [0.15, 0.2) is 0 Å². The Bertz CT molecular complexity index is 456. The fourth-order valence-corrected chi connectivity index (χ4v) is 3.40. The van der Waals surface area contributed by atoms with Gasteiger partial charge in [0, 0.05) is 25.9 Å². The molecule has 2 bridgehead atoms. The van der Waals surface area contributed by atoms with Crippen LogP contribution in [0, 0.1) is 5.92 Å². The summed E-state index contributed by atoms with van der Waals surface area (Å²) < 4.78 is 11.6. The van der Waals surface area contributed by atoms with Crippen molar-refractivity contribution in [1.82, 2.24) is 0 Å². The van der Waals surface area contributed by atoms with Crippen molar-refractivity contribution in [1.29, 1.82) is 0 Å². The molecule has 4 rings (SSSR count). The molecule has 0 aromatic heterocycles. The Hall–Kier alpha value is -1.19. The maximum atomic E-state index is 12.1. The van der Waals surface area contributed by atoms with Gasteiger partial charge in [-0.05, 0) is 18.4 Å². The minimum absolute atomic E-state index is 0.0233. The molecule has 3 atom stereocenters. The number of fused-ring (bicyclic) bond motifs is 3. The predicted molar refractivity (Wildman–Crippen MR) is 71.7 cm³/mol. The number of ether oxygens (including phenoxy) is 2. The average Bonchev–Trinajstić information content (AvgIpc) is 2.46. The van der Waals surface area contributed by atoms with Gasteiger partial charge in [-0.15, -0.1) is 0 Å². The summed E-state index contributed by atoms with van der Waals surface area (Å²) in [5, 5.41) is 0. The van der Waals surface area contributed by atoms with Crippen molar-refractivity contribution in [2.45, 2.75) is 44.0 Å². The minimum Gasteiger partial charge on any atom is -0.378 e. The highest BCUT2D eigenvalue weighted by Gasteiger charge is 2.51. The molecule has 3 aliphatic rings. The normalized spacial score (nSPS) is 33.6. The lowest BCUT2D eigenvalue weighted by atomic mass is 9.65. The molecule has 3 saturated carbocycles. The third-order valence-electron chi connectivity index (χ3n) is 4.58. The first-order valence-electron chi connectivity index (χ1n) is 6.96. The molecule has 1 aromatic rings. The lowest BCUT2D eigenvalue weighted by Crippen LogP contribution is -2.54. The summed E-state index contributed by atoms with van der Waals surface area (Å²) in [5.74, 6) is 0.401. The van der Waals surface area contributed by atoms with Crippen molar-refractivity contribution in [2.24, 2.45) is 5.92 Å². The maximum absolute atomic E-state index is 12.1. The summed E-state index contributed by atoms with van der Waals surface area (Å²) in [7, 11) is 1.72. The molecule has 3 aliphatic carbocycles. The summed E-state index contributed by atoms with van der Waals surface area (Å²) in [5.41, 5.74) is 0.899. The molecule has 0 saturated heterocycles. The Morgan fingerprint density at radius 1 is 1.32 bits per heavy atom. The quantitative estimate of drug-likeness (QED) is 0.835. The molecule has 3 fully saturated rings. The zero-order valence-corrected chi connectivity index (χ0v) is 11.3. The van der Waals surface area contributed by atoms with Crippen LogP contribution in [-0.4, -0.2) is 24.6 Å². The topological polar surface area (TPSA) is 35.5 Å². The maximum Gasteiger partial charge on any atom is 0.141 e. The number of hydrogen-bond donors (Lipinski definition) is 0. The molecule has 0 spiro atoms. The number of benzene rings is 1. The fourth-order valence-electron chi connectivity index (χ4n) is 3.40. The smallest absolute Gasteiger partial charge is 0.141 e. The number of Topliss-reactive ketones (excluding diaryl/α,β-unsaturated/α-hetero) is 1. The largest absolute Gasteiger partial charge is 0.378 e. The van der Waals surface area contributed by atoms with E-state index in [0.29, 0.717) is 18.8 Å². The third kappa shape index (κ3) is 2.45. The first-order valence-corrected chi connectivity index (χ1v) is 6.96. The lowest BCUT2D eigenvalue weighted by Gasteiger charge is -2.48. The highest BCUT2D eigenvalue weighted by molar-refractivity contribution is 5.84. The standard InChI is InChI=1S/C16H20O3/c1-18-16-8-7-13(14(17)9-16)15(10-16)19-11-12-5-3-2-4-6-12/h2-6,13,15H,7-11H2,1H3/t13-,15-,16-/m0/s1. The van der Waals surface area contributed by atoms with E-state index in [1.807, 2.05) is 18.2 Å². The highest BCUT2D eigenvalue weighted by Crippen LogP contribution is 2.45. The van der Waals surface area contributed by atoms with Crippen LogP contribution >= 0.6 is 0 Å². The fraction of sp³-hybridized carbons (Fsp3) is 0.562. The second-order valence-corrected chi connectivity index (χ2v) is 5.71. The van der Waals surface area contributed by atoms with E-state index in [4.69, 9.17) is 9.47 Å². The molecule has 1 aromatic carbocycles. The van der Waals surface area contributed by atoms with Crippen LogP contribution in [0.25, 0.3) is 0 Å². The molecule has 0 amide bonds. The van der Waals surface area contributed by atoms with Gasteiger partial charge < -0.3 is 9.47 Å². The van der Waals surface area contributed by atoms with Crippen molar-refractivity contribution in [3.63, 3.8) is 0 Å². The Kier molecular flexibility index (Phi) is 3.42. The van der Waals surface area contributed by atoms with Crippen LogP contribution in [0.15, 0.2) is 30.3 Å². The SMILES string of the molecule is CO[C@@]12CC[C@@H](C(=O)C1)[C@@H](OCc1ccccc1)C2. The van der Waals surface area contributed by atoms with Crippen molar-refractivity contribution in [2.75, 3.05) is 7.11 Å². The van der Waals surface area contributed by atoms with Crippen molar-refractivity contribution in [3.05, 3.63) is 35.9 Å². The van der Waals surface area contributed by atoms with E-state index in [-0.39, 0.29) is 17.6 Å². The zero-order valence-electron chi connectivity index (χ0n) is 11.3. The molecule has 3 heteroatoms. The van der Waals surface area contributed by atoms with Gasteiger partial charge in [0.05, 0.1) is 18.3 Å². The van der Waals surface area contributed by atoms with E-state index >= 15 is 0 Å². The van der Waals surface area contributed by atoms with Gasteiger partial charge in [-0.1, -0.05) is 30.3 Å². The number of hydrogen-bond acceptors (Lipinski definition) is 3. The number of rotatable bonds is 4. The highest BCUT2D eigenvalue weighted by atomic mass is 16.5. The molecule has 0 aliphatic heterocycles. The van der Waals surface area contributed by atoms with Gasteiger partial charge in [-0.2, -0.15) is 0 Å². The van der Waals surface area contributed by atoms with E-state index in [0.717, 1.165) is 24.8 Å². The minimum atomic E-state index is -0.257. The molecule has 0 unspecified atom stereocenters. The van der Waals surface area contributed by atoms with Crippen LogP contribution in [0.1, 0.15) is 31.2 Å². The van der Waals surface area contributed by atoms with Gasteiger partial charge in [-0.25, -0.2) is 0 Å². The van der Waals surface area contributed by atoms with Crippen molar-refractivity contribution >= 4 is 5.78 Å². The molecular formula is C16H20O3. The Morgan fingerprint density at radius 3 is 2.79 bits per heavy atom. The summed E-state index contributed by atoms with van der Waals surface area (Å²) in [6, 6.07) is 10.1. The predicted octanol–water partition coefficient (Wildman–Crippen LogP) is 2.73. The van der Waals surface area contributed by atoms with E-state index < -0.39 is 0 Å². The monoisotopic (exact) mass is 260 g/mol. The Morgan fingerprint density at radius 2 is 2.11 bits per heavy atom. The number of carbonyl (C=O) groups excluding carboxylic acids is 1. The molecule has 102 valence electrons. The first-order chi connectivity index (χ1) is 9.22. The molecular weight excluding hydrogens is 240 g/mol. The average molecular weight is 260 g/mol. The summed E-state index contributed by atoms with van der Waals surface area (Å²) in [4.78, 5) is 12.1. The van der Waals surface area contributed by atoms with E-state index in [1.165, 1.54) is 0 Å². The number of methoxy groups -OCH3 is 1. The second kappa shape index (κ2) is 5.06. The summed E-state index contributed by atoms with van der Waals surface area (Å²) >= 11 is 0. The van der Waals surface area contributed by atoms with E-state index in [1.54, 1.807) is 7.11 Å². The Labute approximate surface area is 113 Å². The van der Waals surface area contributed by atoms with Crippen molar-refractivity contribution < 1.29 is 14.3 Å². The summed E-state index contributed by atoms with van der Waals surface area (Å²) in [6.45, 7) is 0.578. The van der Waals surface area contributed by atoms with Crippen LogP contribution in [0.5, 0.6) is 0 Å². The van der Waals surface area contributed by atoms with Crippen LogP contribution in [0.3, 0.4) is 0 Å². The van der Waals surface area contributed by atoms with Crippen molar-refractivity contribution in [3.8, 4) is 0 Å². The van der Waals surface area contributed by atoms with Gasteiger partial charge in [0.25, 0.3) is 0 Å². The second-order valence-electron chi connectivity index (χ2n) is 5.71. The molecule has 0 radical (unpaired) electrons. The van der Waals surface area contributed by atoms with Gasteiger partial charge in [0.2, 0.25) is 0 Å². The zero-order chi connectivity index (χ0) is 13.3. The van der Waals surface area contributed by atoms with Crippen LogP contribution in [0.4, 0.5) is 0 Å². The van der Waals surface area contributed by atoms with Gasteiger partial charge in [0.1, 0.15) is 5.78 Å². The molecule has 0 N–H and O–H groups in total. The molecule has 19 heavy (non-hydrogen) atoms. The van der Waals surface area contributed by atoms with E-state index in [9.17, 15) is 4.79 Å². The summed E-state index contributed by atoms with van der Waals surface area (Å²) in [6.07, 6.45) is 3.35. The van der Waals surface area contributed by atoms with Gasteiger partial charge in [-0.3, -0.25) is 4.79 Å². The molecule has 0 heterocycles. The van der Waals surface area contributed by atoms with Crippen LogP contribution < -0.4 is 0 Å². The molecule has 3 nitrogen and oxygen atoms in total. The first kappa shape index (κ1) is 12.8. The Balaban J connectivity index is 1.67. The third-order valence-corrected chi connectivity index (χ3v) is 4.58. The lowest BCUT2D eigenvalue weighted by molar-refractivity contribution is -0.172. The number of ketones is 1. The van der Waals surface area contributed by atoms with Crippen LogP contribution in [-0.2, 0) is 20.9 Å². The van der Waals surface area contributed by atoms with E-state index in [2.05, 4.69) is 12.1 Å². The number of carbonyl (C=O) groups is 1. The van der Waals surface area contributed by atoms with Gasteiger partial charge >= 0.3 is 0 Å². The van der Waals surface area contributed by atoms with Crippen LogP contribution in [0.2, 0.25) is 0 Å².